The summed E-state index contributed by atoms with van der Waals surface area (Å²) < 4.78 is 29.3. The molecule has 0 aliphatic carbocycles. The maximum atomic E-state index is 15.1. The van der Waals surface area contributed by atoms with Gasteiger partial charge in [0.15, 0.2) is 0 Å². The van der Waals surface area contributed by atoms with E-state index < -0.39 is 11.6 Å². The molecule has 8 heteroatoms. The number of amides is 1. The van der Waals surface area contributed by atoms with Crippen molar-refractivity contribution in [2.75, 3.05) is 34.8 Å². The number of piperidine rings is 1. The van der Waals surface area contributed by atoms with Crippen molar-refractivity contribution in [1.29, 1.82) is 0 Å². The Morgan fingerprint density at radius 2 is 1.94 bits per heavy atom. The van der Waals surface area contributed by atoms with E-state index in [9.17, 15) is 9.18 Å². The molecule has 1 aliphatic rings. The molecule has 1 saturated heterocycles. The molecule has 1 amide bonds. The van der Waals surface area contributed by atoms with Crippen molar-refractivity contribution in [2.24, 2.45) is 0 Å². The molecule has 1 N–H and O–H groups in total. The minimum absolute atomic E-state index is 0.0163. The maximum absolute atomic E-state index is 15.1. The SMILES string of the molecule is CCCN(CC)c1cncc(Nc2c(CC)c(N3CCCCC3=O)nc3cc(F)cc(F)c23)c1. The fourth-order valence-electron chi connectivity index (χ4n) is 4.62. The van der Waals surface area contributed by atoms with Gasteiger partial charge in [-0.25, -0.2) is 13.8 Å². The van der Waals surface area contributed by atoms with Gasteiger partial charge in [0.25, 0.3) is 0 Å². The Hall–Kier alpha value is -3.29. The number of anilines is 4. The number of hydrogen-bond donors (Lipinski definition) is 1. The topological polar surface area (TPSA) is 61.4 Å². The fraction of sp³-hybridized carbons (Fsp3) is 0.423. The maximum Gasteiger partial charge on any atom is 0.228 e. The molecule has 0 atom stereocenters. The molecule has 3 aromatic rings. The van der Waals surface area contributed by atoms with E-state index in [1.807, 2.05) is 19.2 Å². The zero-order chi connectivity index (χ0) is 24.2. The summed E-state index contributed by atoms with van der Waals surface area (Å²) in [6, 6.07) is 4.07. The van der Waals surface area contributed by atoms with Crippen molar-refractivity contribution < 1.29 is 13.6 Å². The third-order valence-corrected chi connectivity index (χ3v) is 6.25. The van der Waals surface area contributed by atoms with Crippen molar-refractivity contribution >= 4 is 39.7 Å². The highest BCUT2D eigenvalue weighted by atomic mass is 19.1. The summed E-state index contributed by atoms with van der Waals surface area (Å²) in [6.45, 7) is 8.44. The van der Waals surface area contributed by atoms with Crippen molar-refractivity contribution in [3.8, 4) is 0 Å². The first-order valence-corrected chi connectivity index (χ1v) is 12.1. The van der Waals surface area contributed by atoms with E-state index in [4.69, 9.17) is 0 Å². The average Bonchev–Trinajstić information content (AvgIpc) is 2.82. The number of carbonyl (C=O) groups is 1. The molecule has 34 heavy (non-hydrogen) atoms. The van der Waals surface area contributed by atoms with E-state index in [-0.39, 0.29) is 16.8 Å². The summed E-state index contributed by atoms with van der Waals surface area (Å²) in [5.74, 6) is -0.943. The predicted octanol–water partition coefficient (Wildman–Crippen LogP) is 5.97. The van der Waals surface area contributed by atoms with Gasteiger partial charge in [-0.15, -0.1) is 0 Å². The third-order valence-electron chi connectivity index (χ3n) is 6.25. The van der Waals surface area contributed by atoms with Gasteiger partial charge in [0.1, 0.15) is 17.5 Å². The largest absolute Gasteiger partial charge is 0.371 e. The summed E-state index contributed by atoms with van der Waals surface area (Å²) in [5, 5.41) is 3.56. The van der Waals surface area contributed by atoms with Gasteiger partial charge in [0.05, 0.1) is 40.4 Å². The average molecular weight is 468 g/mol. The van der Waals surface area contributed by atoms with Gasteiger partial charge in [0.2, 0.25) is 5.91 Å². The van der Waals surface area contributed by atoms with Crippen molar-refractivity contribution in [2.45, 2.75) is 52.9 Å². The van der Waals surface area contributed by atoms with E-state index >= 15 is 4.39 Å². The predicted molar refractivity (Wildman–Crippen MR) is 133 cm³/mol. The molecule has 180 valence electrons. The number of nitrogens with zero attached hydrogens (tertiary/aromatic N) is 4. The monoisotopic (exact) mass is 467 g/mol. The van der Waals surface area contributed by atoms with Crippen molar-refractivity contribution in [3.05, 3.63) is 47.8 Å². The molecule has 6 nitrogen and oxygen atoms in total. The van der Waals surface area contributed by atoms with Crippen LogP contribution < -0.4 is 15.1 Å². The van der Waals surface area contributed by atoms with Crippen LogP contribution in [0.1, 0.15) is 52.0 Å². The number of halogens is 2. The van der Waals surface area contributed by atoms with E-state index in [1.165, 1.54) is 6.07 Å². The van der Waals surface area contributed by atoms with Crippen LogP contribution in [0.3, 0.4) is 0 Å². The molecular formula is C26H31F2N5O. The molecule has 1 fully saturated rings. The summed E-state index contributed by atoms with van der Waals surface area (Å²) in [6.07, 6.45) is 7.16. The number of nitrogens with one attached hydrogen (secondary N) is 1. The van der Waals surface area contributed by atoms with Crippen LogP contribution in [-0.2, 0) is 11.2 Å². The third kappa shape index (κ3) is 4.67. The molecular weight excluding hydrogens is 436 g/mol. The molecule has 0 saturated carbocycles. The van der Waals surface area contributed by atoms with E-state index in [0.29, 0.717) is 36.6 Å². The van der Waals surface area contributed by atoms with Crippen LogP contribution in [-0.4, -0.2) is 35.5 Å². The smallest absolute Gasteiger partial charge is 0.228 e. The van der Waals surface area contributed by atoms with E-state index in [0.717, 1.165) is 49.7 Å². The molecule has 1 aliphatic heterocycles. The molecule has 4 rings (SSSR count). The number of rotatable bonds is 8. The van der Waals surface area contributed by atoms with Gasteiger partial charge in [-0.05, 0) is 38.7 Å². The van der Waals surface area contributed by atoms with Crippen LogP contribution in [0.4, 0.5) is 31.7 Å². The minimum Gasteiger partial charge on any atom is -0.371 e. The van der Waals surface area contributed by atoms with Crippen LogP contribution in [0.15, 0.2) is 30.6 Å². The van der Waals surface area contributed by atoms with Crippen LogP contribution in [0.25, 0.3) is 10.9 Å². The van der Waals surface area contributed by atoms with Gasteiger partial charge in [-0.3, -0.25) is 14.7 Å². The summed E-state index contributed by atoms with van der Waals surface area (Å²) in [5.41, 5.74) is 3.05. The lowest BCUT2D eigenvalue weighted by Crippen LogP contribution is -2.36. The molecule has 0 radical (unpaired) electrons. The Balaban J connectivity index is 1.88. The normalized spacial score (nSPS) is 14.0. The van der Waals surface area contributed by atoms with Gasteiger partial charge in [-0.2, -0.15) is 0 Å². The molecule has 2 aromatic heterocycles. The summed E-state index contributed by atoms with van der Waals surface area (Å²) in [7, 11) is 0. The second-order valence-corrected chi connectivity index (χ2v) is 8.56. The molecule has 0 spiro atoms. The molecule has 0 bridgehead atoms. The quantitative estimate of drug-likeness (QED) is 0.442. The lowest BCUT2D eigenvalue weighted by atomic mass is 10.0. The van der Waals surface area contributed by atoms with Crippen LogP contribution in [0.2, 0.25) is 0 Å². The van der Waals surface area contributed by atoms with Crippen LogP contribution >= 0.6 is 0 Å². The Labute approximate surface area is 199 Å². The zero-order valence-corrected chi connectivity index (χ0v) is 20.0. The van der Waals surface area contributed by atoms with Gasteiger partial charge in [-0.1, -0.05) is 13.8 Å². The number of pyridine rings is 2. The zero-order valence-electron chi connectivity index (χ0n) is 20.0. The van der Waals surface area contributed by atoms with Crippen molar-refractivity contribution in [3.63, 3.8) is 0 Å². The highest BCUT2D eigenvalue weighted by Gasteiger charge is 2.27. The van der Waals surface area contributed by atoms with Crippen LogP contribution in [0.5, 0.6) is 0 Å². The lowest BCUT2D eigenvalue weighted by Gasteiger charge is -2.29. The first-order valence-electron chi connectivity index (χ1n) is 12.1. The van der Waals surface area contributed by atoms with E-state index in [1.54, 1.807) is 11.1 Å². The van der Waals surface area contributed by atoms with Crippen molar-refractivity contribution in [1.82, 2.24) is 9.97 Å². The Bertz CT molecular complexity index is 1200. The van der Waals surface area contributed by atoms with Gasteiger partial charge >= 0.3 is 0 Å². The first-order chi connectivity index (χ1) is 16.5. The summed E-state index contributed by atoms with van der Waals surface area (Å²) in [4.78, 5) is 25.6. The minimum atomic E-state index is -0.703. The molecule has 3 heterocycles. The Kier molecular flexibility index (Phi) is 7.24. The number of hydrogen-bond acceptors (Lipinski definition) is 5. The Morgan fingerprint density at radius 3 is 2.65 bits per heavy atom. The summed E-state index contributed by atoms with van der Waals surface area (Å²) >= 11 is 0. The highest BCUT2D eigenvalue weighted by molar-refractivity contribution is 6.02. The number of benzene rings is 1. The van der Waals surface area contributed by atoms with Crippen LogP contribution in [0, 0.1) is 11.6 Å². The number of aromatic nitrogens is 2. The standard InChI is InChI=1S/C26H31F2N5O/c1-4-10-32(6-3)19-14-18(15-29-16-19)30-25-20(5-2)26(33-11-8-7-9-23(33)34)31-22-13-17(27)12-21(28)24(22)25/h12-16H,4-11H2,1-3H3,(H,30,31). The molecule has 0 unspecified atom stereocenters. The first kappa shape index (κ1) is 23.9. The van der Waals surface area contributed by atoms with E-state index in [2.05, 4.69) is 34.0 Å². The second kappa shape index (κ2) is 10.3. The Morgan fingerprint density at radius 1 is 1.12 bits per heavy atom. The fourth-order valence-corrected chi connectivity index (χ4v) is 4.62. The lowest BCUT2D eigenvalue weighted by molar-refractivity contribution is -0.119. The number of fused-ring (bicyclic) bond motifs is 1. The molecule has 1 aromatic carbocycles. The van der Waals surface area contributed by atoms with Gasteiger partial charge < -0.3 is 10.2 Å². The second-order valence-electron chi connectivity index (χ2n) is 8.56. The number of carbonyl (C=O) groups excluding carboxylic acids is 1. The van der Waals surface area contributed by atoms with Gasteiger partial charge in [0, 0.05) is 43.8 Å². The highest BCUT2D eigenvalue weighted by Crippen LogP contribution is 2.38.